The Morgan fingerprint density at radius 2 is 1.93 bits per heavy atom. The molecule has 1 amide bonds. The minimum Gasteiger partial charge on any atom is -0.454 e. The number of ketones is 1. The number of rotatable bonds is 7. The number of carbonyl (C=O) groups excluding carboxylic acids is 2. The van der Waals surface area contributed by atoms with E-state index in [1.54, 1.807) is 23.5 Å². The van der Waals surface area contributed by atoms with Crippen LogP contribution in [-0.2, 0) is 11.2 Å². The highest BCUT2D eigenvalue weighted by molar-refractivity contribution is 7.18. The molecule has 0 saturated carbocycles. The third-order valence-corrected chi connectivity index (χ3v) is 5.64. The number of unbranched alkanes of at least 4 members (excludes halogenated alkanes) is 1. The van der Waals surface area contributed by atoms with E-state index in [0.29, 0.717) is 29.2 Å². The number of benzene rings is 2. The SMILES string of the molecule is CC(=O)c1cc2c(cc1NC(=O)CCCCc1nc3ccccc3s1)OCO2. The fraction of sp³-hybridized carbons (Fsp3) is 0.286. The number of fused-ring (bicyclic) bond motifs is 2. The van der Waals surface area contributed by atoms with Crippen LogP contribution in [0.25, 0.3) is 10.2 Å². The summed E-state index contributed by atoms with van der Waals surface area (Å²) in [5.41, 5.74) is 1.92. The molecule has 0 bridgehead atoms. The number of para-hydroxylation sites is 1. The quantitative estimate of drug-likeness (QED) is 0.467. The van der Waals surface area contributed by atoms with Gasteiger partial charge in [0.05, 0.1) is 20.9 Å². The van der Waals surface area contributed by atoms with Gasteiger partial charge in [-0.2, -0.15) is 0 Å². The molecular weight excluding hydrogens is 376 g/mol. The molecule has 0 spiro atoms. The van der Waals surface area contributed by atoms with Crippen LogP contribution in [0.5, 0.6) is 11.5 Å². The fourth-order valence-electron chi connectivity index (χ4n) is 3.14. The molecule has 2 heterocycles. The van der Waals surface area contributed by atoms with Gasteiger partial charge in [-0.05, 0) is 44.4 Å². The number of anilines is 1. The Bertz CT molecular complexity index is 1010. The fourth-order valence-corrected chi connectivity index (χ4v) is 4.15. The van der Waals surface area contributed by atoms with E-state index in [9.17, 15) is 9.59 Å². The highest BCUT2D eigenvalue weighted by atomic mass is 32.1. The molecule has 0 saturated heterocycles. The molecule has 0 atom stereocenters. The average Bonchev–Trinajstić information content (AvgIpc) is 3.30. The second kappa shape index (κ2) is 7.98. The van der Waals surface area contributed by atoms with Crippen LogP contribution < -0.4 is 14.8 Å². The smallest absolute Gasteiger partial charge is 0.231 e. The molecule has 3 aromatic rings. The number of carbonyl (C=O) groups is 2. The van der Waals surface area contributed by atoms with E-state index in [4.69, 9.17) is 9.47 Å². The largest absolute Gasteiger partial charge is 0.454 e. The average molecular weight is 396 g/mol. The number of thiazole rings is 1. The van der Waals surface area contributed by atoms with Crippen molar-refractivity contribution in [3.63, 3.8) is 0 Å². The van der Waals surface area contributed by atoms with Crippen molar-refractivity contribution in [3.05, 3.63) is 47.0 Å². The number of aryl methyl sites for hydroxylation is 1. The van der Waals surface area contributed by atoms with Crippen LogP contribution in [0.15, 0.2) is 36.4 Å². The Kier molecular flexibility index (Phi) is 5.25. The molecule has 1 aliphatic heterocycles. The second-order valence-corrected chi connectivity index (χ2v) is 7.75. The maximum absolute atomic E-state index is 12.3. The molecular formula is C21H20N2O4S. The number of nitrogens with zero attached hydrogens (tertiary/aromatic N) is 1. The topological polar surface area (TPSA) is 77.5 Å². The molecule has 0 unspecified atom stereocenters. The standard InChI is InChI=1S/C21H20N2O4S/c1-13(24)14-10-17-18(27-12-26-17)11-16(14)22-20(25)8-4-5-9-21-23-15-6-2-3-7-19(15)28-21/h2-3,6-7,10-11H,4-5,8-9,12H2,1H3,(H,22,25). The van der Waals surface area contributed by atoms with Gasteiger partial charge in [0.2, 0.25) is 12.7 Å². The van der Waals surface area contributed by atoms with Gasteiger partial charge in [-0.15, -0.1) is 11.3 Å². The molecule has 0 fully saturated rings. The number of amides is 1. The zero-order valence-corrected chi connectivity index (χ0v) is 16.3. The summed E-state index contributed by atoms with van der Waals surface area (Å²) in [6, 6.07) is 11.4. The van der Waals surface area contributed by atoms with Crippen molar-refractivity contribution in [2.24, 2.45) is 0 Å². The molecule has 2 aromatic carbocycles. The normalized spacial score (nSPS) is 12.3. The van der Waals surface area contributed by atoms with E-state index >= 15 is 0 Å². The van der Waals surface area contributed by atoms with Crippen LogP contribution in [0.1, 0.15) is 41.6 Å². The Hall–Kier alpha value is -2.93. The summed E-state index contributed by atoms with van der Waals surface area (Å²) < 4.78 is 11.8. The first-order valence-corrected chi connectivity index (χ1v) is 10.0. The van der Waals surface area contributed by atoms with Crippen molar-refractivity contribution in [3.8, 4) is 11.5 Å². The summed E-state index contributed by atoms with van der Waals surface area (Å²) >= 11 is 1.70. The van der Waals surface area contributed by atoms with Gasteiger partial charge in [0.1, 0.15) is 0 Å². The van der Waals surface area contributed by atoms with Gasteiger partial charge in [0.15, 0.2) is 17.3 Å². The molecule has 7 heteroatoms. The number of hydrogen-bond donors (Lipinski definition) is 1. The zero-order chi connectivity index (χ0) is 19.5. The summed E-state index contributed by atoms with van der Waals surface area (Å²) in [5, 5.41) is 3.93. The number of aromatic nitrogens is 1. The zero-order valence-electron chi connectivity index (χ0n) is 15.5. The highest BCUT2D eigenvalue weighted by Crippen LogP contribution is 2.37. The van der Waals surface area contributed by atoms with Crippen molar-refractivity contribution in [2.45, 2.75) is 32.6 Å². The maximum Gasteiger partial charge on any atom is 0.231 e. The first-order valence-electron chi connectivity index (χ1n) is 9.19. The maximum atomic E-state index is 12.3. The van der Waals surface area contributed by atoms with Gasteiger partial charge in [0, 0.05) is 18.1 Å². The van der Waals surface area contributed by atoms with Crippen molar-refractivity contribution in [2.75, 3.05) is 12.1 Å². The van der Waals surface area contributed by atoms with E-state index in [1.807, 2.05) is 18.2 Å². The van der Waals surface area contributed by atoms with Gasteiger partial charge < -0.3 is 14.8 Å². The van der Waals surface area contributed by atoms with Crippen molar-refractivity contribution < 1.29 is 19.1 Å². The predicted octanol–water partition coefficient (Wildman–Crippen LogP) is 4.58. The number of nitrogens with one attached hydrogen (secondary N) is 1. The lowest BCUT2D eigenvalue weighted by Gasteiger charge is -2.10. The van der Waals surface area contributed by atoms with Crippen LogP contribution in [0, 0.1) is 0 Å². The molecule has 1 aliphatic rings. The molecule has 144 valence electrons. The first kappa shape index (κ1) is 18.4. The third-order valence-electron chi connectivity index (χ3n) is 4.55. The van der Waals surface area contributed by atoms with Crippen LogP contribution in [-0.4, -0.2) is 23.5 Å². The Labute approximate surface area is 166 Å². The molecule has 28 heavy (non-hydrogen) atoms. The van der Waals surface area contributed by atoms with Gasteiger partial charge in [-0.3, -0.25) is 9.59 Å². The van der Waals surface area contributed by atoms with E-state index in [-0.39, 0.29) is 18.5 Å². The minimum atomic E-state index is -0.135. The van der Waals surface area contributed by atoms with Crippen molar-refractivity contribution >= 4 is 38.9 Å². The van der Waals surface area contributed by atoms with Crippen LogP contribution in [0.2, 0.25) is 0 Å². The molecule has 1 N–H and O–H groups in total. The van der Waals surface area contributed by atoms with E-state index in [1.165, 1.54) is 11.6 Å². The summed E-state index contributed by atoms with van der Waals surface area (Å²) in [6.07, 6.45) is 2.88. The second-order valence-electron chi connectivity index (χ2n) is 6.64. The molecule has 4 rings (SSSR count). The first-order chi connectivity index (χ1) is 13.6. The van der Waals surface area contributed by atoms with Crippen LogP contribution in [0.4, 0.5) is 5.69 Å². The monoisotopic (exact) mass is 396 g/mol. The molecule has 6 nitrogen and oxygen atoms in total. The summed E-state index contributed by atoms with van der Waals surface area (Å²) in [6.45, 7) is 1.58. The van der Waals surface area contributed by atoms with E-state index < -0.39 is 0 Å². The highest BCUT2D eigenvalue weighted by Gasteiger charge is 2.20. The van der Waals surface area contributed by atoms with Gasteiger partial charge >= 0.3 is 0 Å². The molecule has 1 aromatic heterocycles. The summed E-state index contributed by atoms with van der Waals surface area (Å²) in [5.74, 6) is 0.810. The van der Waals surface area contributed by atoms with Gasteiger partial charge in [-0.25, -0.2) is 4.98 Å². The number of hydrogen-bond acceptors (Lipinski definition) is 6. The third kappa shape index (κ3) is 3.99. The van der Waals surface area contributed by atoms with Gasteiger partial charge in [-0.1, -0.05) is 12.1 Å². The lowest BCUT2D eigenvalue weighted by Crippen LogP contribution is -2.14. The minimum absolute atomic E-state index is 0.120. The van der Waals surface area contributed by atoms with Crippen LogP contribution in [0.3, 0.4) is 0 Å². The summed E-state index contributed by atoms with van der Waals surface area (Å²) in [4.78, 5) is 28.8. The Morgan fingerprint density at radius 1 is 1.14 bits per heavy atom. The molecule has 0 radical (unpaired) electrons. The number of Topliss-reactive ketones (excluding diaryl/α,β-unsaturated/α-hetero) is 1. The van der Waals surface area contributed by atoms with E-state index in [0.717, 1.165) is 29.8 Å². The lowest BCUT2D eigenvalue weighted by molar-refractivity contribution is -0.116. The van der Waals surface area contributed by atoms with E-state index in [2.05, 4.69) is 16.4 Å². The van der Waals surface area contributed by atoms with Gasteiger partial charge in [0.25, 0.3) is 0 Å². The molecule has 0 aliphatic carbocycles. The lowest BCUT2D eigenvalue weighted by atomic mass is 10.1. The van der Waals surface area contributed by atoms with Crippen LogP contribution >= 0.6 is 11.3 Å². The Morgan fingerprint density at radius 3 is 2.71 bits per heavy atom. The predicted molar refractivity (Wildman–Crippen MR) is 108 cm³/mol. The van der Waals surface area contributed by atoms with Crippen molar-refractivity contribution in [1.29, 1.82) is 0 Å². The Balaban J connectivity index is 1.31. The van der Waals surface area contributed by atoms with Crippen molar-refractivity contribution in [1.82, 2.24) is 4.98 Å². The number of ether oxygens (including phenoxy) is 2. The summed E-state index contributed by atoms with van der Waals surface area (Å²) in [7, 11) is 0.